The maximum atomic E-state index is 11.6. The summed E-state index contributed by atoms with van der Waals surface area (Å²) < 4.78 is 1.25. The maximum absolute atomic E-state index is 11.6. The Morgan fingerprint density at radius 1 is 1.68 bits per heavy atom. The van der Waals surface area contributed by atoms with Crippen molar-refractivity contribution >= 4 is 34.0 Å². The van der Waals surface area contributed by atoms with E-state index >= 15 is 0 Å². The van der Waals surface area contributed by atoms with Crippen LogP contribution in [0.25, 0.3) is 4.96 Å². The smallest absolute Gasteiger partial charge is 0.321 e. The fourth-order valence-corrected chi connectivity index (χ4v) is 3.34. The van der Waals surface area contributed by atoms with Crippen LogP contribution in [0.4, 0.5) is 0 Å². The Hall–Kier alpha value is -1.45. The van der Waals surface area contributed by atoms with Crippen LogP contribution in [-0.4, -0.2) is 37.5 Å². The first-order valence-corrected chi connectivity index (χ1v) is 7.37. The highest BCUT2D eigenvalue weighted by molar-refractivity contribution is 7.98. The van der Waals surface area contributed by atoms with Crippen molar-refractivity contribution in [1.29, 1.82) is 0 Å². The molecule has 0 aromatic carbocycles. The Morgan fingerprint density at radius 2 is 2.42 bits per heavy atom. The molecule has 0 fully saturated rings. The highest BCUT2D eigenvalue weighted by atomic mass is 32.2. The third-order valence-corrected chi connectivity index (χ3v) is 4.42. The molecule has 9 heteroatoms. The molecule has 102 valence electrons. The van der Waals surface area contributed by atoms with Gasteiger partial charge in [0.05, 0.1) is 0 Å². The van der Waals surface area contributed by atoms with E-state index in [-0.39, 0.29) is 5.56 Å². The lowest BCUT2D eigenvalue weighted by atomic mass is 10.4. The number of rotatable bonds is 5. The van der Waals surface area contributed by atoms with E-state index in [2.05, 4.69) is 10.1 Å². The lowest BCUT2D eigenvalue weighted by molar-refractivity contribution is -0.137. The van der Waals surface area contributed by atoms with Crippen LogP contribution in [0.3, 0.4) is 0 Å². The van der Waals surface area contributed by atoms with E-state index in [9.17, 15) is 9.59 Å². The molecule has 0 bridgehead atoms. The SMILES string of the molecule is Cc1cc(=O)n2nc(CSCC(N)C(=O)O)sc2n1. The first-order valence-electron chi connectivity index (χ1n) is 5.40. The summed E-state index contributed by atoms with van der Waals surface area (Å²) in [7, 11) is 0. The molecule has 2 aromatic rings. The van der Waals surface area contributed by atoms with Gasteiger partial charge in [-0.1, -0.05) is 11.3 Å². The third-order valence-electron chi connectivity index (χ3n) is 2.26. The molecule has 3 N–H and O–H groups in total. The molecular weight excluding hydrogens is 288 g/mol. The van der Waals surface area contributed by atoms with Gasteiger partial charge < -0.3 is 10.8 Å². The predicted molar refractivity (Wildman–Crippen MR) is 73.6 cm³/mol. The van der Waals surface area contributed by atoms with Crippen molar-refractivity contribution in [3.63, 3.8) is 0 Å². The van der Waals surface area contributed by atoms with Gasteiger partial charge in [-0.25, -0.2) is 4.98 Å². The van der Waals surface area contributed by atoms with Gasteiger partial charge in [0, 0.05) is 23.3 Å². The molecule has 0 spiro atoms. The number of aliphatic carboxylic acids is 1. The largest absolute Gasteiger partial charge is 0.480 e. The second kappa shape index (κ2) is 5.68. The maximum Gasteiger partial charge on any atom is 0.321 e. The fourth-order valence-electron chi connectivity index (χ4n) is 1.36. The van der Waals surface area contributed by atoms with Crippen LogP contribution in [0.15, 0.2) is 10.9 Å². The lowest BCUT2D eigenvalue weighted by Crippen LogP contribution is -2.32. The van der Waals surface area contributed by atoms with Crippen LogP contribution in [0.2, 0.25) is 0 Å². The van der Waals surface area contributed by atoms with Gasteiger partial charge in [-0.2, -0.15) is 21.4 Å². The molecule has 1 unspecified atom stereocenters. The van der Waals surface area contributed by atoms with Crippen molar-refractivity contribution in [2.45, 2.75) is 18.7 Å². The first-order chi connectivity index (χ1) is 8.97. The number of hydrogen-bond acceptors (Lipinski definition) is 7. The van der Waals surface area contributed by atoms with E-state index in [1.165, 1.54) is 33.7 Å². The molecule has 0 saturated carbocycles. The van der Waals surface area contributed by atoms with Crippen LogP contribution in [0.1, 0.15) is 10.7 Å². The van der Waals surface area contributed by atoms with E-state index < -0.39 is 12.0 Å². The number of hydrogen-bond donors (Lipinski definition) is 2. The van der Waals surface area contributed by atoms with Crippen molar-refractivity contribution < 1.29 is 9.90 Å². The Bertz CT molecular complexity index is 666. The molecule has 2 heterocycles. The molecule has 7 nitrogen and oxygen atoms in total. The third kappa shape index (κ3) is 3.31. The van der Waals surface area contributed by atoms with Crippen LogP contribution in [-0.2, 0) is 10.5 Å². The predicted octanol–water partition coefficient (Wildman–Crippen LogP) is 0.105. The Kier molecular flexibility index (Phi) is 4.17. The Morgan fingerprint density at radius 3 is 3.11 bits per heavy atom. The zero-order chi connectivity index (χ0) is 14.0. The van der Waals surface area contributed by atoms with Crippen LogP contribution in [0.5, 0.6) is 0 Å². The number of thioether (sulfide) groups is 1. The minimum Gasteiger partial charge on any atom is -0.480 e. The summed E-state index contributed by atoms with van der Waals surface area (Å²) in [6, 6.07) is 0.534. The van der Waals surface area contributed by atoms with Gasteiger partial charge in [-0.05, 0) is 6.92 Å². The number of carboxylic acids is 1. The molecule has 19 heavy (non-hydrogen) atoms. The van der Waals surface area contributed by atoms with Gasteiger partial charge in [-0.3, -0.25) is 9.59 Å². The van der Waals surface area contributed by atoms with Crippen molar-refractivity contribution in [3.8, 4) is 0 Å². The summed E-state index contributed by atoms with van der Waals surface area (Å²) in [6.45, 7) is 1.75. The van der Waals surface area contributed by atoms with Crippen molar-refractivity contribution in [2.24, 2.45) is 5.73 Å². The minimum absolute atomic E-state index is 0.211. The van der Waals surface area contributed by atoms with E-state index in [0.29, 0.717) is 22.2 Å². The number of nitrogens with zero attached hydrogens (tertiary/aromatic N) is 3. The Labute approximate surface area is 116 Å². The number of nitrogens with two attached hydrogens (primary N) is 1. The minimum atomic E-state index is -1.02. The molecule has 0 aliphatic carbocycles. The van der Waals surface area contributed by atoms with E-state index in [1.807, 2.05) is 0 Å². The summed E-state index contributed by atoms with van der Waals surface area (Å²) >= 11 is 2.68. The summed E-state index contributed by atoms with van der Waals surface area (Å²) in [6.07, 6.45) is 0. The van der Waals surface area contributed by atoms with Gasteiger partial charge in [0.15, 0.2) is 0 Å². The lowest BCUT2D eigenvalue weighted by Gasteiger charge is -2.03. The van der Waals surface area contributed by atoms with E-state index in [4.69, 9.17) is 10.8 Å². The molecule has 1 atom stereocenters. The van der Waals surface area contributed by atoms with E-state index in [1.54, 1.807) is 6.92 Å². The molecule has 0 aliphatic heterocycles. The molecule has 2 rings (SSSR count). The molecule has 0 saturated heterocycles. The zero-order valence-electron chi connectivity index (χ0n) is 10.1. The number of carbonyl (C=O) groups is 1. The number of aryl methyl sites for hydroxylation is 1. The average molecular weight is 300 g/mol. The van der Waals surface area contributed by atoms with Crippen molar-refractivity contribution in [2.75, 3.05) is 5.75 Å². The molecule has 0 aliphatic rings. The topological polar surface area (TPSA) is 111 Å². The molecule has 0 amide bonds. The number of carboxylic acid groups (broad SMARTS) is 1. The van der Waals surface area contributed by atoms with Crippen LogP contribution in [0, 0.1) is 6.92 Å². The highest BCUT2D eigenvalue weighted by Gasteiger charge is 2.12. The average Bonchev–Trinajstić information content (AvgIpc) is 2.71. The second-order valence-electron chi connectivity index (χ2n) is 3.89. The summed E-state index contributed by atoms with van der Waals surface area (Å²) in [4.78, 5) is 27.0. The quantitative estimate of drug-likeness (QED) is 0.806. The van der Waals surface area contributed by atoms with Crippen molar-refractivity contribution in [3.05, 3.63) is 27.1 Å². The van der Waals surface area contributed by atoms with Crippen molar-refractivity contribution in [1.82, 2.24) is 14.6 Å². The second-order valence-corrected chi connectivity index (χ2v) is 5.96. The van der Waals surface area contributed by atoms with Crippen LogP contribution < -0.4 is 11.3 Å². The van der Waals surface area contributed by atoms with E-state index in [0.717, 1.165) is 5.01 Å². The van der Waals surface area contributed by atoms with Gasteiger partial charge in [0.25, 0.3) is 5.56 Å². The number of aromatic nitrogens is 3. The highest BCUT2D eigenvalue weighted by Crippen LogP contribution is 2.18. The fraction of sp³-hybridized carbons (Fsp3) is 0.400. The standard InChI is InChI=1S/C10H12N4O3S2/c1-5-2-8(15)14-10(12-5)19-7(13-14)4-18-3-6(11)9(16)17/h2,6H,3-4,11H2,1H3,(H,16,17). The molecule has 0 radical (unpaired) electrons. The summed E-state index contributed by atoms with van der Waals surface area (Å²) in [5, 5.41) is 13.5. The molecule has 2 aromatic heterocycles. The summed E-state index contributed by atoms with van der Waals surface area (Å²) in [5.74, 6) is -0.217. The summed E-state index contributed by atoms with van der Waals surface area (Å²) in [5.41, 5.74) is 5.84. The first kappa shape index (κ1) is 14.0. The van der Waals surface area contributed by atoms with Gasteiger partial charge in [0.2, 0.25) is 4.96 Å². The normalized spacial score (nSPS) is 12.7. The molecular formula is C10H12N4O3S2. The van der Waals surface area contributed by atoms with Crippen LogP contribution >= 0.6 is 23.1 Å². The van der Waals surface area contributed by atoms with Gasteiger partial charge in [-0.15, -0.1) is 0 Å². The van der Waals surface area contributed by atoms with Gasteiger partial charge in [0.1, 0.15) is 11.0 Å². The number of fused-ring (bicyclic) bond motifs is 1. The Balaban J connectivity index is 2.08. The zero-order valence-corrected chi connectivity index (χ0v) is 11.7. The van der Waals surface area contributed by atoms with Gasteiger partial charge >= 0.3 is 5.97 Å². The monoisotopic (exact) mass is 300 g/mol.